The summed E-state index contributed by atoms with van der Waals surface area (Å²) in [6, 6.07) is 10.3. The van der Waals surface area contributed by atoms with E-state index in [1.165, 1.54) is 12.3 Å². The number of nitrogens with zero attached hydrogens (tertiary/aromatic N) is 1. The summed E-state index contributed by atoms with van der Waals surface area (Å²) in [4.78, 5) is 11.8. The number of hydrazone groups is 1. The lowest BCUT2D eigenvalue weighted by atomic mass is 10.2. The molecule has 0 aliphatic heterocycles. The van der Waals surface area contributed by atoms with E-state index < -0.39 is 0 Å². The highest BCUT2D eigenvalue weighted by molar-refractivity contribution is 9.10. The smallest absolute Gasteiger partial charge is 0.277 e. The molecule has 0 atom stereocenters. The SMILES string of the molecule is CCOc1cc(/C=N/NC(=O)COc2ccc(Br)c(C)c2)ccc1O. The van der Waals surface area contributed by atoms with Crippen molar-refractivity contribution in [3.05, 3.63) is 52.0 Å². The summed E-state index contributed by atoms with van der Waals surface area (Å²) in [5, 5.41) is 13.5. The van der Waals surface area contributed by atoms with E-state index in [0.29, 0.717) is 23.7 Å². The van der Waals surface area contributed by atoms with Crippen LogP contribution in [0.1, 0.15) is 18.1 Å². The van der Waals surface area contributed by atoms with Crippen LogP contribution in [0.25, 0.3) is 0 Å². The topological polar surface area (TPSA) is 80.2 Å². The van der Waals surface area contributed by atoms with Crippen molar-refractivity contribution < 1.29 is 19.4 Å². The second kappa shape index (κ2) is 9.08. The van der Waals surface area contributed by atoms with Gasteiger partial charge < -0.3 is 14.6 Å². The molecule has 2 aromatic rings. The average Bonchev–Trinajstić information content (AvgIpc) is 2.59. The van der Waals surface area contributed by atoms with E-state index in [2.05, 4.69) is 26.5 Å². The van der Waals surface area contributed by atoms with Crippen molar-refractivity contribution >= 4 is 28.1 Å². The number of aryl methyl sites for hydroxylation is 1. The number of carbonyl (C=O) groups is 1. The molecular weight excluding hydrogens is 388 g/mol. The molecule has 0 unspecified atom stereocenters. The highest BCUT2D eigenvalue weighted by Gasteiger charge is 2.04. The second-order valence-corrected chi connectivity index (χ2v) is 6.01. The zero-order valence-electron chi connectivity index (χ0n) is 14.0. The summed E-state index contributed by atoms with van der Waals surface area (Å²) in [5.74, 6) is 0.660. The van der Waals surface area contributed by atoms with Crippen LogP contribution in [0.3, 0.4) is 0 Å². The van der Waals surface area contributed by atoms with E-state index in [1.54, 1.807) is 18.2 Å². The van der Waals surface area contributed by atoms with Crippen LogP contribution in [-0.4, -0.2) is 30.4 Å². The molecule has 2 N–H and O–H groups in total. The Bertz CT molecular complexity index is 778. The van der Waals surface area contributed by atoms with E-state index >= 15 is 0 Å². The van der Waals surface area contributed by atoms with Crippen LogP contribution in [0, 0.1) is 6.92 Å². The predicted molar refractivity (Wildman–Crippen MR) is 99.4 cm³/mol. The number of ether oxygens (including phenoxy) is 2. The monoisotopic (exact) mass is 406 g/mol. The van der Waals surface area contributed by atoms with Gasteiger partial charge >= 0.3 is 0 Å². The Morgan fingerprint density at radius 2 is 2.08 bits per heavy atom. The molecule has 0 saturated heterocycles. The summed E-state index contributed by atoms with van der Waals surface area (Å²) < 4.78 is 11.7. The van der Waals surface area contributed by atoms with E-state index in [-0.39, 0.29) is 18.3 Å². The van der Waals surface area contributed by atoms with Gasteiger partial charge in [-0.05, 0) is 61.4 Å². The lowest BCUT2D eigenvalue weighted by molar-refractivity contribution is -0.123. The standard InChI is InChI=1S/C18H19BrN2O4/c1-3-24-17-9-13(4-7-16(17)22)10-20-21-18(23)11-25-14-5-6-15(19)12(2)8-14/h4-10,22H,3,11H2,1-2H3,(H,21,23)/b20-10+. The third-order valence-corrected chi connectivity index (χ3v) is 4.08. The fraction of sp³-hybridized carbons (Fsp3) is 0.222. The summed E-state index contributed by atoms with van der Waals surface area (Å²) in [5.41, 5.74) is 4.09. The van der Waals surface area contributed by atoms with Crippen molar-refractivity contribution in [1.29, 1.82) is 0 Å². The zero-order valence-corrected chi connectivity index (χ0v) is 15.5. The Hall–Kier alpha value is -2.54. The van der Waals surface area contributed by atoms with Crippen molar-refractivity contribution in [2.45, 2.75) is 13.8 Å². The number of hydrogen-bond donors (Lipinski definition) is 2. The molecule has 2 rings (SSSR count). The molecule has 7 heteroatoms. The van der Waals surface area contributed by atoms with Gasteiger partial charge in [0.05, 0.1) is 12.8 Å². The molecule has 25 heavy (non-hydrogen) atoms. The molecule has 2 aromatic carbocycles. The van der Waals surface area contributed by atoms with Gasteiger partial charge in [0.25, 0.3) is 5.91 Å². The zero-order chi connectivity index (χ0) is 18.2. The summed E-state index contributed by atoms with van der Waals surface area (Å²) >= 11 is 3.41. The number of carbonyl (C=O) groups excluding carboxylic acids is 1. The number of nitrogens with one attached hydrogen (secondary N) is 1. The fourth-order valence-corrected chi connectivity index (χ4v) is 2.20. The number of hydrogen-bond acceptors (Lipinski definition) is 5. The van der Waals surface area contributed by atoms with Crippen LogP contribution in [0.5, 0.6) is 17.2 Å². The first-order chi connectivity index (χ1) is 12.0. The maximum absolute atomic E-state index is 11.8. The minimum absolute atomic E-state index is 0.0567. The molecule has 6 nitrogen and oxygen atoms in total. The van der Waals surface area contributed by atoms with Gasteiger partial charge in [0.15, 0.2) is 18.1 Å². The largest absolute Gasteiger partial charge is 0.504 e. The number of rotatable bonds is 7. The van der Waals surface area contributed by atoms with E-state index in [1.807, 2.05) is 26.0 Å². The van der Waals surface area contributed by atoms with Crippen molar-refractivity contribution in [2.75, 3.05) is 13.2 Å². The molecule has 0 aliphatic carbocycles. The average molecular weight is 407 g/mol. The normalized spacial score (nSPS) is 10.7. The quantitative estimate of drug-likeness (QED) is 0.545. The molecule has 0 fully saturated rings. The van der Waals surface area contributed by atoms with Gasteiger partial charge in [-0.2, -0.15) is 5.10 Å². The molecular formula is C18H19BrN2O4. The number of aromatic hydroxyl groups is 1. The number of phenolic OH excluding ortho intramolecular Hbond substituents is 1. The Kier molecular flexibility index (Phi) is 6.82. The predicted octanol–water partition coefficient (Wildman–Crippen LogP) is 3.39. The number of phenols is 1. The van der Waals surface area contributed by atoms with Crippen LogP contribution in [-0.2, 0) is 4.79 Å². The Labute approximate surface area is 154 Å². The van der Waals surface area contributed by atoms with Gasteiger partial charge in [-0.3, -0.25) is 4.79 Å². The van der Waals surface area contributed by atoms with Gasteiger partial charge in [0.1, 0.15) is 5.75 Å². The number of amides is 1. The minimum atomic E-state index is -0.374. The third-order valence-electron chi connectivity index (χ3n) is 3.19. The van der Waals surface area contributed by atoms with E-state index in [0.717, 1.165) is 10.0 Å². The van der Waals surface area contributed by atoms with Gasteiger partial charge in [-0.15, -0.1) is 0 Å². The van der Waals surface area contributed by atoms with Crippen LogP contribution in [0.15, 0.2) is 46.0 Å². The van der Waals surface area contributed by atoms with E-state index in [9.17, 15) is 9.90 Å². The molecule has 0 radical (unpaired) electrons. The fourth-order valence-electron chi connectivity index (χ4n) is 1.95. The van der Waals surface area contributed by atoms with Crippen LogP contribution in [0.4, 0.5) is 0 Å². The van der Waals surface area contributed by atoms with Crippen LogP contribution in [0.2, 0.25) is 0 Å². The number of benzene rings is 2. The molecule has 0 bridgehead atoms. The van der Waals surface area contributed by atoms with Crippen molar-refractivity contribution in [3.8, 4) is 17.2 Å². The van der Waals surface area contributed by atoms with Crippen molar-refractivity contribution in [2.24, 2.45) is 5.10 Å². The highest BCUT2D eigenvalue weighted by atomic mass is 79.9. The van der Waals surface area contributed by atoms with Crippen molar-refractivity contribution in [3.63, 3.8) is 0 Å². The number of halogens is 1. The first-order valence-corrected chi connectivity index (χ1v) is 8.45. The molecule has 0 spiro atoms. The van der Waals surface area contributed by atoms with Crippen LogP contribution < -0.4 is 14.9 Å². The Morgan fingerprint density at radius 1 is 1.28 bits per heavy atom. The maximum atomic E-state index is 11.8. The minimum Gasteiger partial charge on any atom is -0.504 e. The van der Waals surface area contributed by atoms with Crippen LogP contribution >= 0.6 is 15.9 Å². The Balaban J connectivity index is 1.85. The van der Waals surface area contributed by atoms with Gasteiger partial charge in [-0.25, -0.2) is 5.43 Å². The maximum Gasteiger partial charge on any atom is 0.277 e. The van der Waals surface area contributed by atoms with E-state index in [4.69, 9.17) is 9.47 Å². The molecule has 132 valence electrons. The van der Waals surface area contributed by atoms with Crippen molar-refractivity contribution in [1.82, 2.24) is 5.43 Å². The summed E-state index contributed by atoms with van der Waals surface area (Å²) in [6.45, 7) is 4.07. The van der Waals surface area contributed by atoms with Gasteiger partial charge in [0, 0.05) is 4.47 Å². The molecule has 0 aliphatic rings. The van der Waals surface area contributed by atoms with Gasteiger partial charge in [0.2, 0.25) is 0 Å². The first kappa shape index (κ1) is 18.8. The molecule has 1 amide bonds. The Morgan fingerprint density at radius 3 is 2.80 bits per heavy atom. The van der Waals surface area contributed by atoms with Gasteiger partial charge in [-0.1, -0.05) is 15.9 Å². The second-order valence-electron chi connectivity index (χ2n) is 5.15. The lowest BCUT2D eigenvalue weighted by Crippen LogP contribution is -2.24. The first-order valence-electron chi connectivity index (χ1n) is 7.66. The molecule has 0 saturated carbocycles. The summed E-state index contributed by atoms with van der Waals surface area (Å²) in [6.07, 6.45) is 1.46. The molecule has 0 heterocycles. The highest BCUT2D eigenvalue weighted by Crippen LogP contribution is 2.26. The third kappa shape index (κ3) is 5.79. The molecule has 0 aromatic heterocycles. The lowest BCUT2D eigenvalue weighted by Gasteiger charge is -2.07. The summed E-state index contributed by atoms with van der Waals surface area (Å²) in [7, 11) is 0.